The van der Waals surface area contributed by atoms with E-state index < -0.39 is 17.4 Å². The average Bonchev–Trinajstić information content (AvgIpc) is 2.41. The van der Waals surface area contributed by atoms with Crippen LogP contribution in [0.15, 0.2) is 36.5 Å². The molecule has 0 fully saturated rings. The predicted molar refractivity (Wildman–Crippen MR) is 74.6 cm³/mol. The van der Waals surface area contributed by atoms with Crippen LogP contribution in [0.2, 0.25) is 0 Å². The Bertz CT molecular complexity index is 615. The molecule has 1 heterocycles. The van der Waals surface area contributed by atoms with E-state index in [1.54, 1.807) is 6.07 Å². The van der Waals surface area contributed by atoms with Crippen LogP contribution in [-0.4, -0.2) is 10.8 Å². The summed E-state index contributed by atoms with van der Waals surface area (Å²) in [6.45, 7) is 0. The summed E-state index contributed by atoms with van der Waals surface area (Å²) < 4.78 is 26.4. The Hall–Kier alpha value is -1.14. The lowest BCUT2D eigenvalue weighted by Crippen LogP contribution is -2.07. The third kappa shape index (κ3) is 3.25. The van der Waals surface area contributed by atoms with E-state index in [2.05, 4.69) is 36.8 Å². The lowest BCUT2D eigenvalue weighted by Gasteiger charge is -2.05. The second-order valence-electron chi connectivity index (χ2n) is 3.73. The summed E-state index contributed by atoms with van der Waals surface area (Å²) in [4.78, 5) is 16.0. The zero-order valence-electron chi connectivity index (χ0n) is 9.41. The maximum Gasteiger partial charge on any atom is 0.214 e. The van der Waals surface area contributed by atoms with Gasteiger partial charge < -0.3 is 0 Å². The first-order valence-corrected chi connectivity index (χ1v) is 7.06. The van der Waals surface area contributed by atoms with E-state index in [4.69, 9.17) is 0 Å². The maximum absolute atomic E-state index is 13.5. The number of nitrogens with zero attached hydrogens (tertiary/aromatic N) is 1. The first-order chi connectivity index (χ1) is 8.99. The molecular weight excluding hydrogens is 384 g/mol. The van der Waals surface area contributed by atoms with Gasteiger partial charge in [-0.1, -0.05) is 37.9 Å². The highest BCUT2D eigenvalue weighted by molar-refractivity contribution is 9.24. The summed E-state index contributed by atoms with van der Waals surface area (Å²) in [6.07, 6.45) is 1.48. The highest BCUT2D eigenvalue weighted by Gasteiger charge is 2.16. The predicted octanol–water partition coefficient (Wildman–Crippen LogP) is 4.38. The van der Waals surface area contributed by atoms with Gasteiger partial charge in [0.25, 0.3) is 0 Å². The number of ketones is 1. The van der Waals surface area contributed by atoms with Crippen molar-refractivity contribution in [2.75, 3.05) is 0 Å². The van der Waals surface area contributed by atoms with Crippen LogP contribution in [0.1, 0.15) is 25.4 Å². The second kappa shape index (κ2) is 5.88. The normalized spacial score (nSPS) is 10.8. The molecule has 1 aromatic heterocycles. The summed E-state index contributed by atoms with van der Waals surface area (Å²) in [5.74, 6) is -2.08. The summed E-state index contributed by atoms with van der Waals surface area (Å²) >= 11 is 6.58. The van der Waals surface area contributed by atoms with Crippen molar-refractivity contribution >= 4 is 37.6 Å². The Morgan fingerprint density at radius 2 is 1.89 bits per heavy atom. The minimum Gasteiger partial charge on any atom is -0.287 e. The number of rotatable bonds is 3. The molecular formula is C13H7Br2F2NO. The number of carbonyl (C=O) groups excluding carboxylic acids is 1. The van der Waals surface area contributed by atoms with E-state index in [0.29, 0.717) is 0 Å². The quantitative estimate of drug-likeness (QED) is 0.575. The van der Waals surface area contributed by atoms with Gasteiger partial charge >= 0.3 is 0 Å². The molecule has 1 aromatic carbocycles. The second-order valence-corrected chi connectivity index (χ2v) is 6.79. The topological polar surface area (TPSA) is 30.0 Å². The molecule has 6 heteroatoms. The summed E-state index contributed by atoms with van der Waals surface area (Å²) in [5, 5.41) is 0. The molecule has 0 spiro atoms. The molecule has 0 aliphatic carbocycles. The Balaban J connectivity index is 2.36. The maximum atomic E-state index is 13.5. The first kappa shape index (κ1) is 14.3. The molecule has 0 amide bonds. The number of alkyl halides is 2. The summed E-state index contributed by atoms with van der Waals surface area (Å²) in [7, 11) is 0. The number of benzene rings is 1. The fraction of sp³-hybridized carbons (Fsp3) is 0.0769. The fourth-order valence-corrected chi connectivity index (χ4v) is 2.02. The van der Waals surface area contributed by atoms with Gasteiger partial charge in [-0.05, 0) is 29.8 Å². The van der Waals surface area contributed by atoms with E-state index in [1.807, 2.05) is 0 Å². The molecule has 0 radical (unpaired) electrons. The molecule has 0 aliphatic rings. The lowest BCUT2D eigenvalue weighted by atomic mass is 10.1. The number of aromatic nitrogens is 1. The first-order valence-electron chi connectivity index (χ1n) is 5.23. The molecule has 0 aliphatic heterocycles. The van der Waals surface area contributed by atoms with Crippen molar-refractivity contribution in [3.63, 3.8) is 0 Å². The van der Waals surface area contributed by atoms with Crippen molar-refractivity contribution in [1.29, 1.82) is 0 Å². The van der Waals surface area contributed by atoms with Crippen molar-refractivity contribution in [3.05, 3.63) is 65.0 Å². The van der Waals surface area contributed by atoms with E-state index in [0.717, 1.165) is 23.8 Å². The molecule has 0 unspecified atom stereocenters. The van der Waals surface area contributed by atoms with Gasteiger partial charge in [-0.2, -0.15) is 0 Å². The third-order valence-corrected chi connectivity index (χ3v) is 3.50. The molecule has 2 nitrogen and oxygen atoms in total. The molecule has 0 saturated carbocycles. The van der Waals surface area contributed by atoms with Gasteiger partial charge in [0.15, 0.2) is 0 Å². The van der Waals surface area contributed by atoms with Crippen LogP contribution in [0, 0.1) is 11.6 Å². The zero-order chi connectivity index (χ0) is 14.0. The van der Waals surface area contributed by atoms with Crippen LogP contribution in [0.25, 0.3) is 0 Å². The molecule has 19 heavy (non-hydrogen) atoms. The van der Waals surface area contributed by atoms with Gasteiger partial charge in [0, 0.05) is 6.20 Å². The van der Waals surface area contributed by atoms with Gasteiger partial charge in [-0.3, -0.25) is 9.78 Å². The highest BCUT2D eigenvalue weighted by atomic mass is 79.9. The number of pyridine rings is 1. The van der Waals surface area contributed by atoms with Crippen LogP contribution in [0.5, 0.6) is 0 Å². The van der Waals surface area contributed by atoms with Crippen LogP contribution in [0.3, 0.4) is 0 Å². The fourth-order valence-electron chi connectivity index (χ4n) is 1.48. The van der Waals surface area contributed by atoms with Crippen molar-refractivity contribution in [3.8, 4) is 0 Å². The van der Waals surface area contributed by atoms with Crippen LogP contribution in [-0.2, 0) is 0 Å². The minimum atomic E-state index is -0.767. The average molecular weight is 391 g/mol. The SMILES string of the molecule is O=C(c1ccc(C(Br)Br)cn1)c1cc(F)ccc1F. The van der Waals surface area contributed by atoms with Crippen LogP contribution in [0.4, 0.5) is 8.78 Å². The molecule has 0 N–H and O–H groups in total. The van der Waals surface area contributed by atoms with E-state index in [1.165, 1.54) is 12.3 Å². The molecule has 0 saturated heterocycles. The Morgan fingerprint density at radius 3 is 2.47 bits per heavy atom. The minimum absolute atomic E-state index is 0.0638. The number of halogens is 4. The monoisotopic (exact) mass is 389 g/mol. The van der Waals surface area contributed by atoms with Crippen LogP contribution < -0.4 is 0 Å². The van der Waals surface area contributed by atoms with E-state index in [9.17, 15) is 13.6 Å². The van der Waals surface area contributed by atoms with Crippen LogP contribution >= 0.6 is 31.9 Å². The van der Waals surface area contributed by atoms with E-state index in [-0.39, 0.29) is 15.0 Å². The summed E-state index contributed by atoms with van der Waals surface area (Å²) in [6, 6.07) is 5.89. The van der Waals surface area contributed by atoms with Gasteiger partial charge in [-0.15, -0.1) is 0 Å². The lowest BCUT2D eigenvalue weighted by molar-refractivity contribution is 0.103. The Labute approximate surface area is 125 Å². The number of hydrogen-bond donors (Lipinski definition) is 0. The standard InChI is InChI=1S/C13H7Br2F2NO/c14-13(15)7-1-4-11(18-6-7)12(19)9-5-8(16)2-3-10(9)17/h1-6,13H. The Morgan fingerprint density at radius 1 is 1.16 bits per heavy atom. The smallest absolute Gasteiger partial charge is 0.214 e. The van der Waals surface area contributed by atoms with Crippen molar-refractivity contribution in [2.45, 2.75) is 3.74 Å². The number of carbonyl (C=O) groups is 1. The molecule has 98 valence electrons. The zero-order valence-corrected chi connectivity index (χ0v) is 12.6. The Kier molecular flexibility index (Phi) is 4.42. The van der Waals surface area contributed by atoms with Gasteiger partial charge in [0.2, 0.25) is 5.78 Å². The molecule has 0 atom stereocenters. The largest absolute Gasteiger partial charge is 0.287 e. The molecule has 0 bridgehead atoms. The van der Waals surface area contributed by atoms with Gasteiger partial charge in [0.05, 0.1) is 9.30 Å². The highest BCUT2D eigenvalue weighted by Crippen LogP contribution is 2.28. The molecule has 2 rings (SSSR count). The number of hydrogen-bond acceptors (Lipinski definition) is 2. The summed E-state index contributed by atoms with van der Waals surface area (Å²) in [5.41, 5.74) is 0.555. The van der Waals surface area contributed by atoms with Crippen molar-refractivity contribution < 1.29 is 13.6 Å². The van der Waals surface area contributed by atoms with E-state index >= 15 is 0 Å². The van der Waals surface area contributed by atoms with Crippen molar-refractivity contribution in [2.24, 2.45) is 0 Å². The third-order valence-electron chi connectivity index (χ3n) is 2.44. The van der Waals surface area contributed by atoms with Gasteiger partial charge in [0.1, 0.15) is 17.3 Å². The van der Waals surface area contributed by atoms with Gasteiger partial charge in [-0.25, -0.2) is 8.78 Å². The van der Waals surface area contributed by atoms with Crippen molar-refractivity contribution in [1.82, 2.24) is 4.98 Å². The molecule has 2 aromatic rings.